The molecule has 1 aromatic rings. The second-order valence-corrected chi connectivity index (χ2v) is 4.01. The van der Waals surface area contributed by atoms with E-state index in [-0.39, 0.29) is 17.8 Å². The Kier molecular flexibility index (Phi) is 3.19. The van der Waals surface area contributed by atoms with E-state index in [9.17, 15) is 9.18 Å². The number of carbonyl (C=O) groups excluding carboxylic acids is 1. The van der Waals surface area contributed by atoms with Gasteiger partial charge in [-0.1, -0.05) is 0 Å². The van der Waals surface area contributed by atoms with Crippen LogP contribution in [0.15, 0.2) is 18.2 Å². The van der Waals surface area contributed by atoms with Crippen LogP contribution >= 0.6 is 0 Å². The van der Waals surface area contributed by atoms with Crippen LogP contribution in [0.2, 0.25) is 0 Å². The third kappa shape index (κ3) is 2.58. The number of ether oxygens (including phenoxy) is 1. The lowest BCUT2D eigenvalue weighted by Gasteiger charge is -2.10. The highest BCUT2D eigenvalue weighted by atomic mass is 19.1. The molecule has 0 aliphatic carbocycles. The van der Waals surface area contributed by atoms with E-state index in [2.05, 4.69) is 5.32 Å². The Morgan fingerprint density at radius 1 is 1.50 bits per heavy atom. The van der Waals surface area contributed by atoms with E-state index in [1.807, 2.05) is 0 Å². The predicted octanol–water partition coefficient (Wildman–Crippen LogP) is 2.25. The summed E-state index contributed by atoms with van der Waals surface area (Å²) >= 11 is 0. The first-order chi connectivity index (χ1) is 7.65. The molecule has 3 nitrogen and oxygen atoms in total. The van der Waals surface area contributed by atoms with Gasteiger partial charge in [-0.25, -0.2) is 4.39 Å². The van der Waals surface area contributed by atoms with E-state index in [4.69, 9.17) is 4.74 Å². The van der Waals surface area contributed by atoms with Gasteiger partial charge in [0.2, 0.25) is 0 Å². The third-order valence-corrected chi connectivity index (χ3v) is 2.53. The van der Waals surface area contributed by atoms with Crippen molar-refractivity contribution < 1.29 is 13.9 Å². The molecule has 1 aromatic carbocycles. The standard InChI is InChI=1S/C12H14FNO2/c1-8-5-9(13)7-10(6-8)14-12(15)11-3-2-4-16-11/h5-7,11H,2-4H2,1H3,(H,14,15). The average molecular weight is 223 g/mol. The lowest BCUT2D eigenvalue weighted by atomic mass is 10.2. The number of benzene rings is 1. The number of aryl methyl sites for hydroxylation is 1. The highest BCUT2D eigenvalue weighted by Crippen LogP contribution is 2.17. The zero-order valence-electron chi connectivity index (χ0n) is 9.13. The molecular weight excluding hydrogens is 209 g/mol. The van der Waals surface area contributed by atoms with Gasteiger partial charge in [-0.2, -0.15) is 0 Å². The summed E-state index contributed by atoms with van der Waals surface area (Å²) in [5.41, 5.74) is 1.26. The van der Waals surface area contributed by atoms with Crippen molar-refractivity contribution in [2.45, 2.75) is 25.9 Å². The fourth-order valence-corrected chi connectivity index (χ4v) is 1.82. The van der Waals surface area contributed by atoms with Crippen molar-refractivity contribution in [3.63, 3.8) is 0 Å². The molecule has 2 rings (SSSR count). The first-order valence-electron chi connectivity index (χ1n) is 5.35. The summed E-state index contributed by atoms with van der Waals surface area (Å²) in [4.78, 5) is 11.7. The van der Waals surface area contributed by atoms with Crippen LogP contribution in [0.3, 0.4) is 0 Å². The van der Waals surface area contributed by atoms with Crippen LogP contribution in [-0.2, 0) is 9.53 Å². The lowest BCUT2D eigenvalue weighted by molar-refractivity contribution is -0.124. The molecule has 1 unspecified atom stereocenters. The lowest BCUT2D eigenvalue weighted by Crippen LogP contribution is -2.26. The molecule has 1 atom stereocenters. The summed E-state index contributed by atoms with van der Waals surface area (Å²) in [6, 6.07) is 4.46. The third-order valence-electron chi connectivity index (χ3n) is 2.53. The summed E-state index contributed by atoms with van der Waals surface area (Å²) < 4.78 is 18.3. The van der Waals surface area contributed by atoms with Gasteiger partial charge in [0.1, 0.15) is 11.9 Å². The van der Waals surface area contributed by atoms with Crippen molar-refractivity contribution in [2.75, 3.05) is 11.9 Å². The molecule has 0 spiro atoms. The second-order valence-electron chi connectivity index (χ2n) is 4.01. The Morgan fingerprint density at radius 2 is 2.31 bits per heavy atom. The normalized spacial score (nSPS) is 19.8. The number of hydrogen-bond acceptors (Lipinski definition) is 2. The van der Waals surface area contributed by atoms with E-state index in [1.54, 1.807) is 13.0 Å². The Bertz CT molecular complexity index is 380. The van der Waals surface area contributed by atoms with Crippen LogP contribution in [0.1, 0.15) is 18.4 Å². The Hall–Kier alpha value is -1.42. The zero-order valence-corrected chi connectivity index (χ0v) is 9.13. The molecule has 0 saturated carbocycles. The molecule has 1 amide bonds. The van der Waals surface area contributed by atoms with Gasteiger partial charge >= 0.3 is 0 Å². The smallest absolute Gasteiger partial charge is 0.253 e. The van der Waals surface area contributed by atoms with E-state index in [1.165, 1.54) is 12.1 Å². The summed E-state index contributed by atoms with van der Waals surface area (Å²) in [6.45, 7) is 2.41. The molecule has 1 saturated heterocycles. The summed E-state index contributed by atoms with van der Waals surface area (Å²) in [7, 11) is 0. The first-order valence-corrected chi connectivity index (χ1v) is 5.35. The molecule has 1 N–H and O–H groups in total. The molecule has 86 valence electrons. The van der Waals surface area contributed by atoms with Crippen molar-refractivity contribution in [2.24, 2.45) is 0 Å². The monoisotopic (exact) mass is 223 g/mol. The van der Waals surface area contributed by atoms with E-state index in [0.29, 0.717) is 12.3 Å². The Labute approximate surface area is 93.6 Å². The predicted molar refractivity (Wildman–Crippen MR) is 58.7 cm³/mol. The number of anilines is 1. The molecule has 0 aromatic heterocycles. The number of carbonyl (C=O) groups is 1. The highest BCUT2D eigenvalue weighted by Gasteiger charge is 2.23. The second kappa shape index (κ2) is 4.61. The molecule has 0 bridgehead atoms. The SMILES string of the molecule is Cc1cc(F)cc(NC(=O)C2CCCO2)c1. The van der Waals surface area contributed by atoms with Crippen molar-refractivity contribution in [1.29, 1.82) is 0 Å². The number of nitrogens with one attached hydrogen (secondary N) is 1. The highest BCUT2D eigenvalue weighted by molar-refractivity contribution is 5.94. The molecular formula is C12H14FNO2. The van der Waals surface area contributed by atoms with Crippen molar-refractivity contribution in [3.05, 3.63) is 29.6 Å². The Morgan fingerprint density at radius 3 is 2.94 bits per heavy atom. The summed E-state index contributed by atoms with van der Waals surface area (Å²) in [5.74, 6) is -0.537. The molecule has 16 heavy (non-hydrogen) atoms. The minimum Gasteiger partial charge on any atom is -0.368 e. The number of rotatable bonds is 2. The maximum Gasteiger partial charge on any atom is 0.253 e. The van der Waals surface area contributed by atoms with Crippen LogP contribution in [0.5, 0.6) is 0 Å². The van der Waals surface area contributed by atoms with Crippen LogP contribution in [-0.4, -0.2) is 18.6 Å². The fraction of sp³-hybridized carbons (Fsp3) is 0.417. The zero-order chi connectivity index (χ0) is 11.5. The quantitative estimate of drug-likeness (QED) is 0.835. The maximum absolute atomic E-state index is 13.1. The van der Waals surface area contributed by atoms with Gasteiger partial charge in [0, 0.05) is 12.3 Å². The van der Waals surface area contributed by atoms with Crippen LogP contribution < -0.4 is 5.32 Å². The van der Waals surface area contributed by atoms with Gasteiger partial charge in [0.05, 0.1) is 0 Å². The van der Waals surface area contributed by atoms with Gasteiger partial charge in [-0.15, -0.1) is 0 Å². The topological polar surface area (TPSA) is 38.3 Å². The van der Waals surface area contributed by atoms with Gasteiger partial charge in [0.25, 0.3) is 5.91 Å². The fourth-order valence-electron chi connectivity index (χ4n) is 1.82. The van der Waals surface area contributed by atoms with Crippen LogP contribution in [0.4, 0.5) is 10.1 Å². The number of halogens is 1. The van der Waals surface area contributed by atoms with Crippen LogP contribution in [0.25, 0.3) is 0 Å². The summed E-state index contributed by atoms with van der Waals surface area (Å²) in [6.07, 6.45) is 1.25. The largest absolute Gasteiger partial charge is 0.368 e. The van der Waals surface area contributed by atoms with Gasteiger partial charge in [0.15, 0.2) is 0 Å². The molecule has 1 aliphatic heterocycles. The summed E-state index contributed by atoms with van der Waals surface area (Å²) in [5, 5.41) is 2.66. The van der Waals surface area contributed by atoms with Crippen molar-refractivity contribution in [1.82, 2.24) is 0 Å². The van der Waals surface area contributed by atoms with Gasteiger partial charge in [-0.3, -0.25) is 4.79 Å². The van der Waals surface area contributed by atoms with E-state index < -0.39 is 0 Å². The molecule has 1 heterocycles. The van der Waals surface area contributed by atoms with Crippen molar-refractivity contribution >= 4 is 11.6 Å². The minimum absolute atomic E-state index is 0.192. The number of amides is 1. The molecule has 4 heteroatoms. The average Bonchev–Trinajstić information content (AvgIpc) is 2.68. The van der Waals surface area contributed by atoms with Gasteiger partial charge < -0.3 is 10.1 Å². The van der Waals surface area contributed by atoms with Gasteiger partial charge in [-0.05, 0) is 43.5 Å². The maximum atomic E-state index is 13.1. The minimum atomic E-state index is -0.386. The van der Waals surface area contributed by atoms with E-state index in [0.717, 1.165) is 18.4 Å². The molecule has 0 radical (unpaired) electrons. The first kappa shape index (κ1) is 11.1. The van der Waals surface area contributed by atoms with E-state index >= 15 is 0 Å². The number of hydrogen-bond donors (Lipinski definition) is 1. The molecule has 1 fully saturated rings. The Balaban J connectivity index is 2.05. The van der Waals surface area contributed by atoms with Crippen LogP contribution in [0, 0.1) is 12.7 Å². The van der Waals surface area contributed by atoms with Crippen molar-refractivity contribution in [3.8, 4) is 0 Å². The molecule has 1 aliphatic rings.